The summed E-state index contributed by atoms with van der Waals surface area (Å²) in [4.78, 5) is 2.34. The van der Waals surface area contributed by atoms with Crippen molar-refractivity contribution in [2.75, 3.05) is 31.2 Å². The van der Waals surface area contributed by atoms with Crippen LogP contribution in [0.5, 0.6) is 0 Å². The number of hydrogen-bond acceptors (Lipinski definition) is 2. The molecule has 0 spiro atoms. The molecule has 2 rings (SSSR count). The van der Waals surface area contributed by atoms with Gasteiger partial charge in [-0.2, -0.15) is 0 Å². The molecular formula is C11H14NO. The van der Waals surface area contributed by atoms with Gasteiger partial charge in [0.15, 0.2) is 0 Å². The fourth-order valence-electron chi connectivity index (χ4n) is 1.53. The highest BCUT2D eigenvalue weighted by molar-refractivity contribution is 5.48. The summed E-state index contributed by atoms with van der Waals surface area (Å²) in [5, 5.41) is 0. The molecular weight excluding hydrogens is 162 g/mol. The summed E-state index contributed by atoms with van der Waals surface area (Å²) in [5.41, 5.74) is 2.34. The van der Waals surface area contributed by atoms with Gasteiger partial charge in [-0.15, -0.1) is 0 Å². The van der Waals surface area contributed by atoms with Crippen molar-refractivity contribution in [2.45, 2.75) is 0 Å². The van der Waals surface area contributed by atoms with Gasteiger partial charge in [0.05, 0.1) is 13.2 Å². The lowest BCUT2D eigenvalue weighted by molar-refractivity contribution is 0.122. The predicted molar refractivity (Wildman–Crippen MR) is 53.9 cm³/mol. The predicted octanol–water partition coefficient (Wildman–Crippen LogP) is 1.71. The SMILES string of the molecule is [CH2]c1ccc(N2CCOCC2)cc1. The number of anilines is 1. The number of hydrogen-bond donors (Lipinski definition) is 0. The highest BCUT2D eigenvalue weighted by Gasteiger charge is 2.09. The zero-order valence-corrected chi connectivity index (χ0v) is 7.70. The Kier molecular flexibility index (Phi) is 2.50. The highest BCUT2D eigenvalue weighted by Crippen LogP contribution is 2.15. The fraction of sp³-hybridized carbons (Fsp3) is 0.364. The number of ether oxygens (including phenoxy) is 1. The molecule has 1 aromatic carbocycles. The first kappa shape index (κ1) is 8.57. The van der Waals surface area contributed by atoms with E-state index in [0.717, 1.165) is 31.9 Å². The van der Waals surface area contributed by atoms with E-state index in [1.807, 2.05) is 12.1 Å². The monoisotopic (exact) mass is 176 g/mol. The normalized spacial score (nSPS) is 17.5. The Morgan fingerprint density at radius 3 is 2.31 bits per heavy atom. The molecule has 1 aliphatic rings. The summed E-state index contributed by atoms with van der Waals surface area (Å²) in [5.74, 6) is 0. The van der Waals surface area contributed by atoms with E-state index < -0.39 is 0 Å². The van der Waals surface area contributed by atoms with Crippen LogP contribution in [-0.4, -0.2) is 26.3 Å². The molecule has 0 atom stereocenters. The standard InChI is InChI=1S/C11H14NO/c1-10-2-4-11(5-3-10)12-6-8-13-9-7-12/h2-5H,1,6-9H2. The van der Waals surface area contributed by atoms with E-state index in [-0.39, 0.29) is 0 Å². The van der Waals surface area contributed by atoms with Gasteiger partial charge in [0.25, 0.3) is 0 Å². The van der Waals surface area contributed by atoms with Gasteiger partial charge in [-0.1, -0.05) is 12.1 Å². The van der Waals surface area contributed by atoms with Crippen molar-refractivity contribution in [1.82, 2.24) is 0 Å². The summed E-state index contributed by atoms with van der Waals surface area (Å²) in [6.07, 6.45) is 0. The maximum absolute atomic E-state index is 5.29. The van der Waals surface area contributed by atoms with E-state index in [2.05, 4.69) is 24.0 Å². The average Bonchev–Trinajstić information content (AvgIpc) is 2.20. The Morgan fingerprint density at radius 2 is 1.69 bits per heavy atom. The summed E-state index contributed by atoms with van der Waals surface area (Å²) in [7, 11) is 0. The highest BCUT2D eigenvalue weighted by atomic mass is 16.5. The van der Waals surface area contributed by atoms with Crippen LogP contribution < -0.4 is 4.90 Å². The Balaban J connectivity index is 2.10. The van der Waals surface area contributed by atoms with Crippen LogP contribution >= 0.6 is 0 Å². The van der Waals surface area contributed by atoms with Gasteiger partial charge in [-0.3, -0.25) is 0 Å². The van der Waals surface area contributed by atoms with Crippen LogP contribution in [0.25, 0.3) is 0 Å². The molecule has 0 bridgehead atoms. The molecule has 13 heavy (non-hydrogen) atoms. The van der Waals surface area contributed by atoms with E-state index >= 15 is 0 Å². The van der Waals surface area contributed by atoms with Crippen molar-refractivity contribution < 1.29 is 4.74 Å². The second kappa shape index (κ2) is 3.79. The van der Waals surface area contributed by atoms with Crippen molar-refractivity contribution in [1.29, 1.82) is 0 Å². The first-order valence-corrected chi connectivity index (χ1v) is 4.61. The van der Waals surface area contributed by atoms with Crippen molar-refractivity contribution >= 4 is 5.69 Å². The Morgan fingerprint density at radius 1 is 1.08 bits per heavy atom. The Labute approximate surface area is 79.1 Å². The number of nitrogens with zero attached hydrogens (tertiary/aromatic N) is 1. The van der Waals surface area contributed by atoms with E-state index in [1.165, 1.54) is 5.69 Å². The van der Waals surface area contributed by atoms with Crippen molar-refractivity contribution in [3.63, 3.8) is 0 Å². The molecule has 1 radical (unpaired) electrons. The van der Waals surface area contributed by atoms with Gasteiger partial charge >= 0.3 is 0 Å². The van der Waals surface area contributed by atoms with Gasteiger partial charge in [0.2, 0.25) is 0 Å². The molecule has 0 unspecified atom stereocenters. The van der Waals surface area contributed by atoms with Crippen LogP contribution in [0.4, 0.5) is 5.69 Å². The van der Waals surface area contributed by atoms with Crippen LogP contribution in [0.1, 0.15) is 5.56 Å². The van der Waals surface area contributed by atoms with E-state index in [9.17, 15) is 0 Å². The topological polar surface area (TPSA) is 12.5 Å². The third-order valence-corrected chi connectivity index (χ3v) is 2.31. The molecule has 69 valence electrons. The first-order valence-electron chi connectivity index (χ1n) is 4.61. The maximum Gasteiger partial charge on any atom is 0.0642 e. The first-order chi connectivity index (χ1) is 6.36. The van der Waals surface area contributed by atoms with Crippen LogP contribution in [0.3, 0.4) is 0 Å². The maximum atomic E-state index is 5.29. The van der Waals surface area contributed by atoms with Crippen molar-refractivity contribution in [3.8, 4) is 0 Å². The quantitative estimate of drug-likeness (QED) is 0.646. The van der Waals surface area contributed by atoms with Crippen LogP contribution in [0.2, 0.25) is 0 Å². The van der Waals surface area contributed by atoms with E-state index in [1.54, 1.807) is 0 Å². The van der Waals surface area contributed by atoms with E-state index in [4.69, 9.17) is 4.74 Å². The number of benzene rings is 1. The molecule has 2 heteroatoms. The fourth-order valence-corrected chi connectivity index (χ4v) is 1.53. The van der Waals surface area contributed by atoms with Gasteiger partial charge < -0.3 is 9.64 Å². The molecule has 1 saturated heterocycles. The third kappa shape index (κ3) is 2.01. The van der Waals surface area contributed by atoms with Crippen LogP contribution in [0.15, 0.2) is 24.3 Å². The molecule has 0 saturated carbocycles. The minimum absolute atomic E-state index is 0.839. The van der Waals surface area contributed by atoms with Crippen molar-refractivity contribution in [3.05, 3.63) is 36.8 Å². The number of morpholine rings is 1. The molecule has 1 aliphatic heterocycles. The second-order valence-corrected chi connectivity index (χ2v) is 3.27. The molecule has 1 fully saturated rings. The number of rotatable bonds is 1. The van der Waals surface area contributed by atoms with Crippen LogP contribution in [0, 0.1) is 6.92 Å². The lowest BCUT2D eigenvalue weighted by Gasteiger charge is -2.28. The lowest BCUT2D eigenvalue weighted by Crippen LogP contribution is -2.36. The van der Waals surface area contributed by atoms with Gasteiger partial charge in [-0.25, -0.2) is 0 Å². The molecule has 0 N–H and O–H groups in total. The minimum atomic E-state index is 0.839. The largest absolute Gasteiger partial charge is 0.378 e. The van der Waals surface area contributed by atoms with Gasteiger partial charge in [0, 0.05) is 18.8 Å². The Hall–Kier alpha value is -1.02. The minimum Gasteiger partial charge on any atom is -0.378 e. The molecule has 1 aromatic rings. The molecule has 0 aliphatic carbocycles. The van der Waals surface area contributed by atoms with E-state index in [0.29, 0.717) is 0 Å². The third-order valence-electron chi connectivity index (χ3n) is 2.31. The average molecular weight is 176 g/mol. The summed E-state index contributed by atoms with van der Waals surface area (Å²) < 4.78 is 5.29. The van der Waals surface area contributed by atoms with Crippen LogP contribution in [-0.2, 0) is 4.74 Å². The zero-order chi connectivity index (χ0) is 9.10. The smallest absolute Gasteiger partial charge is 0.0642 e. The molecule has 2 nitrogen and oxygen atoms in total. The summed E-state index contributed by atoms with van der Waals surface area (Å²) in [6, 6.07) is 8.33. The summed E-state index contributed by atoms with van der Waals surface area (Å²) in [6.45, 7) is 7.54. The second-order valence-electron chi connectivity index (χ2n) is 3.27. The lowest BCUT2D eigenvalue weighted by atomic mass is 10.2. The Bertz CT molecular complexity index is 262. The molecule has 0 amide bonds. The molecule has 0 aromatic heterocycles. The van der Waals surface area contributed by atoms with Gasteiger partial charge in [0.1, 0.15) is 0 Å². The van der Waals surface area contributed by atoms with Gasteiger partial charge in [-0.05, 0) is 24.6 Å². The van der Waals surface area contributed by atoms with Crippen molar-refractivity contribution in [2.24, 2.45) is 0 Å². The summed E-state index contributed by atoms with van der Waals surface area (Å²) >= 11 is 0. The zero-order valence-electron chi connectivity index (χ0n) is 7.70. The molecule has 1 heterocycles.